The summed E-state index contributed by atoms with van der Waals surface area (Å²) in [5.74, 6) is 1.41. The number of amides is 2. The van der Waals surface area contributed by atoms with Gasteiger partial charge in [-0.2, -0.15) is 5.10 Å². The number of fused-ring (bicyclic) bond motifs is 1. The molecule has 0 spiro atoms. The van der Waals surface area contributed by atoms with Crippen LogP contribution in [0.15, 0.2) is 54.6 Å². The van der Waals surface area contributed by atoms with Crippen LogP contribution in [-0.2, 0) is 17.6 Å². The first kappa shape index (κ1) is 20.6. The molecular formula is C24H24N4O3S. The molecule has 2 aliphatic rings. The van der Waals surface area contributed by atoms with Gasteiger partial charge in [0.05, 0.1) is 18.7 Å². The lowest BCUT2D eigenvalue weighted by atomic mass is 10.1. The van der Waals surface area contributed by atoms with E-state index in [1.165, 1.54) is 0 Å². The third-order valence-electron chi connectivity index (χ3n) is 5.94. The molecular weight excluding hydrogens is 424 g/mol. The summed E-state index contributed by atoms with van der Waals surface area (Å²) in [6.45, 7) is 0. The number of benzene rings is 2. The average Bonchev–Trinajstić information content (AvgIpc) is 3.56. The summed E-state index contributed by atoms with van der Waals surface area (Å²) in [7, 11) is 1.60. The van der Waals surface area contributed by atoms with E-state index in [2.05, 4.69) is 5.32 Å². The summed E-state index contributed by atoms with van der Waals surface area (Å²) < 4.78 is 7.06. The average molecular weight is 449 g/mol. The van der Waals surface area contributed by atoms with E-state index >= 15 is 0 Å². The van der Waals surface area contributed by atoms with Gasteiger partial charge in [0, 0.05) is 22.7 Å². The Bertz CT molecular complexity index is 1140. The maximum Gasteiger partial charge on any atom is 0.276 e. The van der Waals surface area contributed by atoms with Crippen molar-refractivity contribution in [1.29, 1.82) is 0 Å². The van der Waals surface area contributed by atoms with E-state index in [1.54, 1.807) is 48.0 Å². The summed E-state index contributed by atoms with van der Waals surface area (Å²) in [6.07, 6.45) is 2.75. The Hall–Kier alpha value is -3.26. The maximum absolute atomic E-state index is 13.5. The largest absolute Gasteiger partial charge is 0.497 e. The van der Waals surface area contributed by atoms with Gasteiger partial charge in [-0.1, -0.05) is 18.2 Å². The van der Waals surface area contributed by atoms with Gasteiger partial charge >= 0.3 is 0 Å². The number of para-hydroxylation sites is 1. The standard InChI is InChI=1S/C24H24N4O3S/c1-31-18-12-10-16(11-13-18)25-23(29)21-14-32-15-27(21)24(30)22-19-8-5-9-20(19)28(26-22)17-6-3-2-4-7-17/h2-4,6-7,10-13,21H,5,8-9,14-15H2,1H3,(H,25,29). The monoisotopic (exact) mass is 448 g/mol. The van der Waals surface area contributed by atoms with Gasteiger partial charge in [0.15, 0.2) is 5.69 Å². The van der Waals surface area contributed by atoms with Crippen LogP contribution in [0.25, 0.3) is 5.69 Å². The summed E-state index contributed by atoms with van der Waals surface area (Å²) in [5, 5.41) is 7.64. The zero-order chi connectivity index (χ0) is 22.1. The molecule has 1 N–H and O–H groups in total. The number of rotatable bonds is 5. The highest BCUT2D eigenvalue weighted by Gasteiger charge is 2.38. The molecule has 0 saturated carbocycles. The van der Waals surface area contributed by atoms with Crippen LogP contribution in [0.2, 0.25) is 0 Å². The van der Waals surface area contributed by atoms with Crippen LogP contribution >= 0.6 is 11.8 Å². The highest BCUT2D eigenvalue weighted by molar-refractivity contribution is 7.99. The minimum Gasteiger partial charge on any atom is -0.497 e. The van der Waals surface area contributed by atoms with Crippen LogP contribution in [0.3, 0.4) is 0 Å². The molecule has 1 aliphatic heterocycles. The van der Waals surface area contributed by atoms with Crippen molar-refractivity contribution in [2.45, 2.75) is 25.3 Å². The fourth-order valence-corrected chi connectivity index (χ4v) is 5.44. The van der Waals surface area contributed by atoms with Gasteiger partial charge in [-0.15, -0.1) is 11.8 Å². The van der Waals surface area contributed by atoms with Crippen LogP contribution in [0, 0.1) is 0 Å². The third kappa shape index (κ3) is 3.75. The molecule has 1 saturated heterocycles. The topological polar surface area (TPSA) is 76.5 Å². The molecule has 5 rings (SSSR count). The molecule has 1 aromatic heterocycles. The van der Waals surface area contributed by atoms with Crippen molar-refractivity contribution >= 4 is 29.3 Å². The van der Waals surface area contributed by atoms with E-state index < -0.39 is 6.04 Å². The van der Waals surface area contributed by atoms with E-state index in [0.717, 1.165) is 42.0 Å². The molecule has 0 bridgehead atoms. The number of thioether (sulfide) groups is 1. The summed E-state index contributed by atoms with van der Waals surface area (Å²) >= 11 is 1.58. The number of carbonyl (C=O) groups excluding carboxylic acids is 2. The Morgan fingerprint density at radius 3 is 2.62 bits per heavy atom. The number of nitrogens with zero attached hydrogens (tertiary/aromatic N) is 3. The van der Waals surface area contributed by atoms with Gasteiger partial charge in [-0.25, -0.2) is 4.68 Å². The quantitative estimate of drug-likeness (QED) is 0.646. The number of aromatic nitrogens is 2. The fraction of sp³-hybridized carbons (Fsp3) is 0.292. The van der Waals surface area contributed by atoms with Crippen molar-refractivity contribution in [1.82, 2.24) is 14.7 Å². The lowest BCUT2D eigenvalue weighted by Crippen LogP contribution is -2.44. The third-order valence-corrected chi connectivity index (χ3v) is 6.95. The van der Waals surface area contributed by atoms with E-state index in [9.17, 15) is 9.59 Å². The number of carbonyl (C=O) groups is 2. The van der Waals surface area contributed by atoms with Crippen molar-refractivity contribution in [2.24, 2.45) is 0 Å². The molecule has 2 heterocycles. The number of nitrogens with one attached hydrogen (secondary N) is 1. The lowest BCUT2D eigenvalue weighted by molar-refractivity contribution is -0.119. The fourth-order valence-electron chi connectivity index (χ4n) is 4.29. The molecule has 2 aromatic carbocycles. The smallest absolute Gasteiger partial charge is 0.276 e. The minimum absolute atomic E-state index is 0.169. The van der Waals surface area contributed by atoms with E-state index in [0.29, 0.717) is 23.0 Å². The highest BCUT2D eigenvalue weighted by Crippen LogP contribution is 2.31. The molecule has 32 heavy (non-hydrogen) atoms. The van der Waals surface area contributed by atoms with Crippen LogP contribution in [-0.4, -0.2) is 51.3 Å². The molecule has 1 aliphatic carbocycles. The number of methoxy groups -OCH3 is 1. The second kappa shape index (κ2) is 8.70. The van der Waals surface area contributed by atoms with Gasteiger partial charge in [0.2, 0.25) is 5.91 Å². The summed E-state index contributed by atoms with van der Waals surface area (Å²) in [6, 6.07) is 16.5. The first-order valence-corrected chi connectivity index (χ1v) is 11.8. The molecule has 0 radical (unpaired) electrons. The molecule has 164 valence electrons. The zero-order valence-electron chi connectivity index (χ0n) is 17.8. The number of ether oxygens (including phenoxy) is 1. The van der Waals surface area contributed by atoms with Crippen molar-refractivity contribution in [2.75, 3.05) is 24.1 Å². The summed E-state index contributed by atoms with van der Waals surface area (Å²) in [5.41, 5.74) is 4.23. The first-order valence-electron chi connectivity index (χ1n) is 10.7. The predicted octanol–water partition coefficient (Wildman–Crippen LogP) is 3.52. The van der Waals surface area contributed by atoms with E-state index in [4.69, 9.17) is 9.84 Å². The number of hydrogen-bond donors (Lipinski definition) is 1. The highest BCUT2D eigenvalue weighted by atomic mass is 32.2. The van der Waals surface area contributed by atoms with Gasteiger partial charge < -0.3 is 15.0 Å². The van der Waals surface area contributed by atoms with Crippen molar-refractivity contribution in [3.63, 3.8) is 0 Å². The predicted molar refractivity (Wildman–Crippen MR) is 124 cm³/mol. The Labute approximate surface area is 190 Å². The van der Waals surface area contributed by atoms with Crippen LogP contribution in [0.1, 0.15) is 28.2 Å². The first-order chi connectivity index (χ1) is 15.7. The number of hydrogen-bond acceptors (Lipinski definition) is 5. The van der Waals surface area contributed by atoms with Gasteiger partial charge in [-0.3, -0.25) is 9.59 Å². The summed E-state index contributed by atoms with van der Waals surface area (Å²) in [4.78, 5) is 28.2. The van der Waals surface area contributed by atoms with Crippen molar-refractivity contribution in [3.05, 3.63) is 71.5 Å². The SMILES string of the molecule is COc1ccc(NC(=O)C2CSCN2C(=O)c2nn(-c3ccccc3)c3c2CCC3)cc1. The lowest BCUT2D eigenvalue weighted by Gasteiger charge is -2.22. The van der Waals surface area contributed by atoms with Crippen LogP contribution < -0.4 is 10.1 Å². The zero-order valence-corrected chi connectivity index (χ0v) is 18.6. The minimum atomic E-state index is -0.534. The molecule has 8 heteroatoms. The van der Waals surface area contributed by atoms with Gasteiger partial charge in [0.1, 0.15) is 11.8 Å². The molecule has 2 amide bonds. The van der Waals surface area contributed by atoms with Crippen molar-refractivity contribution < 1.29 is 14.3 Å². The van der Waals surface area contributed by atoms with E-state index in [1.807, 2.05) is 35.0 Å². The second-order valence-electron chi connectivity index (χ2n) is 7.88. The Kier molecular flexibility index (Phi) is 5.61. The van der Waals surface area contributed by atoms with Gasteiger partial charge in [-0.05, 0) is 55.7 Å². The molecule has 7 nitrogen and oxygen atoms in total. The maximum atomic E-state index is 13.5. The molecule has 1 fully saturated rings. The Morgan fingerprint density at radius 2 is 1.88 bits per heavy atom. The van der Waals surface area contributed by atoms with Crippen molar-refractivity contribution in [3.8, 4) is 11.4 Å². The Morgan fingerprint density at radius 1 is 1.09 bits per heavy atom. The molecule has 3 aromatic rings. The Balaban J connectivity index is 1.38. The second-order valence-corrected chi connectivity index (χ2v) is 8.88. The van der Waals surface area contributed by atoms with Gasteiger partial charge in [0.25, 0.3) is 5.91 Å². The van der Waals surface area contributed by atoms with E-state index in [-0.39, 0.29) is 11.8 Å². The molecule has 1 atom stereocenters. The number of anilines is 1. The van der Waals surface area contributed by atoms with Crippen LogP contribution in [0.4, 0.5) is 5.69 Å². The normalized spacial score (nSPS) is 17.3. The molecule has 1 unspecified atom stereocenters. The van der Waals surface area contributed by atoms with Crippen LogP contribution in [0.5, 0.6) is 5.75 Å².